The fraction of sp³-hybridized carbons (Fsp3) is 0.636. The first-order valence-electron chi connectivity index (χ1n) is 6.64. The summed E-state index contributed by atoms with van der Waals surface area (Å²) in [5, 5.41) is 20.2. The van der Waals surface area contributed by atoms with Crippen LogP contribution in [0.2, 0.25) is 0 Å². The van der Waals surface area contributed by atoms with E-state index in [0.29, 0.717) is 32.7 Å². The van der Waals surface area contributed by atoms with Gasteiger partial charge in [-0.1, -0.05) is 0 Å². The van der Waals surface area contributed by atoms with Crippen LogP contribution in [0.3, 0.4) is 0 Å². The van der Waals surface area contributed by atoms with Crippen LogP contribution >= 0.6 is 0 Å². The Morgan fingerprint density at radius 1 is 1.38 bits per heavy atom. The van der Waals surface area contributed by atoms with Crippen molar-refractivity contribution in [3.05, 3.63) is 15.8 Å². The van der Waals surface area contributed by atoms with E-state index in [-0.39, 0.29) is 29.8 Å². The molecule has 1 aromatic rings. The molecular formula is C11H19N7O3. The molecule has 10 nitrogen and oxygen atoms in total. The van der Waals surface area contributed by atoms with Crippen molar-refractivity contribution >= 4 is 17.5 Å². The lowest BCUT2D eigenvalue weighted by atomic mass is 10.2. The normalized spacial score (nSPS) is 16.0. The number of rotatable bonds is 5. The molecule has 1 aromatic heterocycles. The van der Waals surface area contributed by atoms with Crippen LogP contribution in [0.5, 0.6) is 0 Å². The van der Waals surface area contributed by atoms with Gasteiger partial charge in [-0.3, -0.25) is 20.4 Å². The molecule has 0 unspecified atom stereocenters. The number of aromatic nitrogens is 2. The fourth-order valence-corrected chi connectivity index (χ4v) is 2.38. The zero-order valence-corrected chi connectivity index (χ0v) is 11.8. The van der Waals surface area contributed by atoms with Crippen LogP contribution in [0.25, 0.3) is 0 Å². The lowest BCUT2D eigenvalue weighted by Gasteiger charge is -2.34. The van der Waals surface area contributed by atoms with Crippen molar-refractivity contribution in [2.75, 3.05) is 49.7 Å². The summed E-state index contributed by atoms with van der Waals surface area (Å²) in [5.74, 6) is 5.75. The van der Waals surface area contributed by atoms with Crippen molar-refractivity contribution in [3.63, 3.8) is 0 Å². The zero-order chi connectivity index (χ0) is 15.4. The number of nitrogens with zero attached hydrogens (tertiary/aromatic N) is 5. The molecule has 1 saturated heterocycles. The number of hydrogen-bond acceptors (Lipinski definition) is 9. The molecule has 0 aromatic carbocycles. The third-order valence-electron chi connectivity index (χ3n) is 3.44. The van der Waals surface area contributed by atoms with Gasteiger partial charge in [0, 0.05) is 32.7 Å². The van der Waals surface area contributed by atoms with Crippen LogP contribution < -0.4 is 16.2 Å². The Morgan fingerprint density at radius 2 is 2.05 bits per heavy atom. The number of β-amino-alcohol motifs (C(OH)–C–C–N with tert-alkyl or cyclic N) is 1. The minimum atomic E-state index is -0.467. The smallest absolute Gasteiger partial charge is 0.332 e. The van der Waals surface area contributed by atoms with Gasteiger partial charge < -0.3 is 10.0 Å². The van der Waals surface area contributed by atoms with Crippen molar-refractivity contribution < 1.29 is 10.0 Å². The Kier molecular flexibility index (Phi) is 4.83. The van der Waals surface area contributed by atoms with Crippen LogP contribution in [0.1, 0.15) is 5.69 Å². The molecule has 0 atom stereocenters. The van der Waals surface area contributed by atoms with Gasteiger partial charge in [-0.15, -0.1) is 0 Å². The maximum Gasteiger partial charge on any atom is 0.332 e. The van der Waals surface area contributed by atoms with Gasteiger partial charge in [-0.25, -0.2) is 10.8 Å². The average molecular weight is 297 g/mol. The largest absolute Gasteiger partial charge is 0.395 e. The lowest BCUT2D eigenvalue weighted by Crippen LogP contribution is -2.47. The van der Waals surface area contributed by atoms with Crippen molar-refractivity contribution in [2.24, 2.45) is 5.84 Å². The number of nitrogen functional groups attached to an aromatic ring is 1. The number of nitrogens with two attached hydrogens (primary N) is 1. The van der Waals surface area contributed by atoms with Gasteiger partial charge in [0.15, 0.2) is 0 Å². The van der Waals surface area contributed by atoms with Crippen molar-refractivity contribution in [1.29, 1.82) is 0 Å². The maximum atomic E-state index is 11.3. The summed E-state index contributed by atoms with van der Waals surface area (Å²) in [6.45, 7) is 4.90. The lowest BCUT2D eigenvalue weighted by molar-refractivity contribution is -0.385. The molecule has 0 amide bonds. The number of hydrogen-bond donors (Lipinski definition) is 3. The Bertz CT molecular complexity index is 517. The van der Waals surface area contributed by atoms with E-state index in [1.54, 1.807) is 6.92 Å². The Morgan fingerprint density at radius 3 is 2.57 bits per heavy atom. The van der Waals surface area contributed by atoms with Gasteiger partial charge in [0.2, 0.25) is 11.8 Å². The van der Waals surface area contributed by atoms with E-state index in [9.17, 15) is 10.1 Å². The summed E-state index contributed by atoms with van der Waals surface area (Å²) in [6, 6.07) is 0. The van der Waals surface area contributed by atoms with Gasteiger partial charge in [-0.05, 0) is 6.92 Å². The fourth-order valence-electron chi connectivity index (χ4n) is 2.38. The predicted octanol–water partition coefficient (Wildman–Crippen LogP) is -0.907. The molecule has 116 valence electrons. The standard InChI is InChI=1S/C11H19N7O3/c1-8-9(18(20)21)10(14-11(13-8)15-12)17-4-2-16(3-5-17)6-7-19/h19H,2-7,12H2,1H3,(H,13,14,15). The van der Waals surface area contributed by atoms with E-state index < -0.39 is 4.92 Å². The molecule has 0 saturated carbocycles. The SMILES string of the molecule is Cc1nc(NN)nc(N2CCN(CCO)CC2)c1[N+](=O)[O-]. The zero-order valence-electron chi connectivity index (χ0n) is 11.8. The highest BCUT2D eigenvalue weighted by Crippen LogP contribution is 2.30. The summed E-state index contributed by atoms with van der Waals surface area (Å²) >= 11 is 0. The Hall–Kier alpha value is -2.04. The molecule has 2 rings (SSSR count). The molecule has 2 heterocycles. The molecule has 1 aliphatic rings. The molecule has 4 N–H and O–H groups in total. The second kappa shape index (κ2) is 6.61. The van der Waals surface area contributed by atoms with Crippen LogP contribution in [0.4, 0.5) is 17.5 Å². The topological polar surface area (TPSA) is 134 Å². The molecule has 1 aliphatic heterocycles. The van der Waals surface area contributed by atoms with E-state index in [0.717, 1.165) is 0 Å². The summed E-state index contributed by atoms with van der Waals surface area (Å²) < 4.78 is 0. The van der Waals surface area contributed by atoms with Crippen LogP contribution in [-0.2, 0) is 0 Å². The third-order valence-corrected chi connectivity index (χ3v) is 3.44. The Labute approximate surface area is 121 Å². The van der Waals surface area contributed by atoms with E-state index >= 15 is 0 Å². The molecular weight excluding hydrogens is 278 g/mol. The highest BCUT2D eigenvalue weighted by Gasteiger charge is 2.28. The molecule has 0 radical (unpaired) electrons. The summed E-state index contributed by atoms with van der Waals surface area (Å²) in [5.41, 5.74) is 2.51. The Balaban J connectivity index is 2.26. The number of aryl methyl sites for hydroxylation is 1. The number of nitro groups is 1. The summed E-state index contributed by atoms with van der Waals surface area (Å²) in [6.07, 6.45) is 0. The summed E-state index contributed by atoms with van der Waals surface area (Å²) in [7, 11) is 0. The summed E-state index contributed by atoms with van der Waals surface area (Å²) in [4.78, 5) is 22.8. The molecule has 0 bridgehead atoms. The highest BCUT2D eigenvalue weighted by atomic mass is 16.6. The first kappa shape index (κ1) is 15.4. The van der Waals surface area contributed by atoms with E-state index in [1.807, 2.05) is 4.90 Å². The van der Waals surface area contributed by atoms with E-state index in [2.05, 4.69) is 20.3 Å². The minimum Gasteiger partial charge on any atom is -0.395 e. The van der Waals surface area contributed by atoms with E-state index in [1.165, 1.54) is 0 Å². The van der Waals surface area contributed by atoms with Gasteiger partial charge in [0.1, 0.15) is 5.69 Å². The predicted molar refractivity (Wildman–Crippen MR) is 77.0 cm³/mol. The maximum absolute atomic E-state index is 11.3. The van der Waals surface area contributed by atoms with Gasteiger partial charge in [0.25, 0.3) is 0 Å². The third kappa shape index (κ3) is 3.35. The minimum absolute atomic E-state index is 0.0930. The number of hydrazine groups is 1. The van der Waals surface area contributed by atoms with E-state index in [4.69, 9.17) is 10.9 Å². The second-order valence-corrected chi connectivity index (χ2v) is 4.76. The number of anilines is 2. The van der Waals surface area contributed by atoms with Crippen molar-refractivity contribution in [3.8, 4) is 0 Å². The molecule has 21 heavy (non-hydrogen) atoms. The van der Waals surface area contributed by atoms with Crippen molar-refractivity contribution in [2.45, 2.75) is 6.92 Å². The second-order valence-electron chi connectivity index (χ2n) is 4.76. The number of piperazine rings is 1. The number of nitrogens with one attached hydrogen (secondary N) is 1. The van der Waals surface area contributed by atoms with Gasteiger partial charge in [-0.2, -0.15) is 4.98 Å². The highest BCUT2D eigenvalue weighted by molar-refractivity contribution is 5.62. The molecule has 0 spiro atoms. The average Bonchev–Trinajstić information content (AvgIpc) is 2.47. The molecule has 0 aliphatic carbocycles. The number of aliphatic hydroxyl groups is 1. The van der Waals surface area contributed by atoms with Crippen LogP contribution in [0.15, 0.2) is 0 Å². The molecule has 10 heteroatoms. The molecule has 1 fully saturated rings. The van der Waals surface area contributed by atoms with Crippen LogP contribution in [-0.4, -0.2) is 64.2 Å². The number of aliphatic hydroxyl groups excluding tert-OH is 1. The monoisotopic (exact) mass is 297 g/mol. The van der Waals surface area contributed by atoms with Crippen LogP contribution in [0, 0.1) is 17.0 Å². The van der Waals surface area contributed by atoms with Gasteiger partial charge in [0.05, 0.1) is 11.5 Å². The first-order valence-corrected chi connectivity index (χ1v) is 6.64. The first-order chi connectivity index (χ1) is 10.1. The van der Waals surface area contributed by atoms with Gasteiger partial charge >= 0.3 is 5.69 Å². The quantitative estimate of drug-likeness (QED) is 0.359. The van der Waals surface area contributed by atoms with Crippen molar-refractivity contribution in [1.82, 2.24) is 14.9 Å².